The van der Waals surface area contributed by atoms with Crippen molar-refractivity contribution in [3.63, 3.8) is 0 Å². The van der Waals surface area contributed by atoms with E-state index < -0.39 is 0 Å². The summed E-state index contributed by atoms with van der Waals surface area (Å²) in [5.41, 5.74) is 2.29. The highest BCUT2D eigenvalue weighted by Gasteiger charge is 2.32. The SMILES string of the molecule is CC(C)N1C(=O)Cc2cnc(N3CCN(Cc4ccccc4)CC3)nc21. The van der Waals surface area contributed by atoms with Gasteiger partial charge >= 0.3 is 0 Å². The van der Waals surface area contributed by atoms with Gasteiger partial charge in [0, 0.05) is 50.5 Å². The molecule has 2 aliphatic rings. The van der Waals surface area contributed by atoms with Crippen LogP contribution in [0.1, 0.15) is 25.0 Å². The molecule has 0 radical (unpaired) electrons. The third kappa shape index (κ3) is 3.29. The Morgan fingerprint density at radius 1 is 1.08 bits per heavy atom. The molecule has 0 unspecified atom stereocenters. The van der Waals surface area contributed by atoms with Crippen molar-refractivity contribution in [3.8, 4) is 0 Å². The van der Waals surface area contributed by atoms with Crippen molar-refractivity contribution < 1.29 is 4.79 Å². The number of carbonyl (C=O) groups excluding carboxylic acids is 1. The van der Waals surface area contributed by atoms with Gasteiger partial charge in [-0.05, 0) is 19.4 Å². The summed E-state index contributed by atoms with van der Waals surface area (Å²) in [6, 6.07) is 10.7. The van der Waals surface area contributed by atoms with Gasteiger partial charge in [-0.3, -0.25) is 14.6 Å². The number of hydrogen-bond donors (Lipinski definition) is 0. The van der Waals surface area contributed by atoms with E-state index in [0.29, 0.717) is 6.42 Å². The Morgan fingerprint density at radius 2 is 1.81 bits per heavy atom. The zero-order valence-electron chi connectivity index (χ0n) is 15.4. The first-order valence-electron chi connectivity index (χ1n) is 9.31. The van der Waals surface area contributed by atoms with Crippen LogP contribution < -0.4 is 9.80 Å². The van der Waals surface area contributed by atoms with Crippen LogP contribution in [0.3, 0.4) is 0 Å². The average Bonchev–Trinajstić information content (AvgIpc) is 2.98. The quantitative estimate of drug-likeness (QED) is 0.844. The molecule has 0 N–H and O–H groups in total. The van der Waals surface area contributed by atoms with E-state index in [-0.39, 0.29) is 11.9 Å². The first-order valence-corrected chi connectivity index (χ1v) is 9.31. The first kappa shape index (κ1) is 17.0. The van der Waals surface area contributed by atoms with Crippen LogP contribution in [0.25, 0.3) is 0 Å². The Morgan fingerprint density at radius 3 is 2.50 bits per heavy atom. The molecule has 0 atom stereocenters. The Balaban J connectivity index is 1.43. The molecule has 6 heteroatoms. The van der Waals surface area contributed by atoms with Crippen LogP contribution in [0.5, 0.6) is 0 Å². The molecule has 1 saturated heterocycles. The molecule has 3 heterocycles. The lowest BCUT2D eigenvalue weighted by Crippen LogP contribution is -2.46. The molecule has 1 fully saturated rings. The van der Waals surface area contributed by atoms with Crippen molar-refractivity contribution in [1.82, 2.24) is 14.9 Å². The summed E-state index contributed by atoms with van der Waals surface area (Å²) in [7, 11) is 0. The molecule has 2 aliphatic heterocycles. The highest BCUT2D eigenvalue weighted by Crippen LogP contribution is 2.29. The van der Waals surface area contributed by atoms with Crippen LogP contribution >= 0.6 is 0 Å². The molecule has 6 nitrogen and oxygen atoms in total. The predicted octanol–water partition coefficient (Wildman–Crippen LogP) is 2.10. The number of aromatic nitrogens is 2. The lowest BCUT2D eigenvalue weighted by Gasteiger charge is -2.35. The summed E-state index contributed by atoms with van der Waals surface area (Å²) in [6.07, 6.45) is 2.24. The van der Waals surface area contributed by atoms with E-state index in [9.17, 15) is 4.79 Å². The zero-order valence-corrected chi connectivity index (χ0v) is 15.4. The minimum atomic E-state index is 0.120. The molecule has 136 valence electrons. The molecule has 0 spiro atoms. The fraction of sp³-hybridized carbons (Fsp3) is 0.450. The van der Waals surface area contributed by atoms with Crippen molar-refractivity contribution in [2.75, 3.05) is 36.0 Å². The molecular weight excluding hydrogens is 326 g/mol. The third-order valence-electron chi connectivity index (χ3n) is 5.09. The van der Waals surface area contributed by atoms with E-state index in [1.54, 1.807) is 4.90 Å². The third-order valence-corrected chi connectivity index (χ3v) is 5.09. The van der Waals surface area contributed by atoms with Crippen molar-refractivity contribution >= 4 is 17.7 Å². The van der Waals surface area contributed by atoms with Crippen LogP contribution in [0.4, 0.5) is 11.8 Å². The lowest BCUT2D eigenvalue weighted by atomic mass is 10.2. The summed E-state index contributed by atoms with van der Waals surface area (Å²) >= 11 is 0. The number of nitrogens with zero attached hydrogens (tertiary/aromatic N) is 5. The van der Waals surface area contributed by atoms with E-state index in [1.807, 2.05) is 20.0 Å². The van der Waals surface area contributed by atoms with Gasteiger partial charge in [0.1, 0.15) is 5.82 Å². The average molecular weight is 351 g/mol. The summed E-state index contributed by atoms with van der Waals surface area (Å²) in [6.45, 7) is 8.82. The standard InChI is InChI=1S/C20H25N5O/c1-15(2)25-18(26)12-17-13-21-20(22-19(17)25)24-10-8-23(9-11-24)14-16-6-4-3-5-7-16/h3-7,13,15H,8-12,14H2,1-2H3. The molecule has 2 aromatic rings. The van der Waals surface area contributed by atoms with Crippen LogP contribution in [0, 0.1) is 0 Å². The van der Waals surface area contributed by atoms with Crippen LogP contribution in [0.15, 0.2) is 36.5 Å². The maximum absolute atomic E-state index is 12.2. The number of hydrogen-bond acceptors (Lipinski definition) is 5. The van der Waals surface area contributed by atoms with Gasteiger partial charge in [-0.1, -0.05) is 30.3 Å². The molecule has 1 aromatic heterocycles. The Labute approximate surface area is 154 Å². The zero-order chi connectivity index (χ0) is 18.1. The predicted molar refractivity (Wildman–Crippen MR) is 102 cm³/mol. The number of amides is 1. The minimum Gasteiger partial charge on any atom is -0.338 e. The second kappa shape index (κ2) is 7.03. The fourth-order valence-electron chi connectivity index (χ4n) is 3.72. The minimum absolute atomic E-state index is 0.120. The van der Waals surface area contributed by atoms with E-state index in [1.165, 1.54) is 5.56 Å². The van der Waals surface area contributed by atoms with E-state index >= 15 is 0 Å². The molecule has 0 bridgehead atoms. The highest BCUT2D eigenvalue weighted by atomic mass is 16.2. The van der Waals surface area contributed by atoms with Gasteiger partial charge in [0.25, 0.3) is 0 Å². The van der Waals surface area contributed by atoms with E-state index in [4.69, 9.17) is 4.98 Å². The molecule has 26 heavy (non-hydrogen) atoms. The fourth-order valence-corrected chi connectivity index (χ4v) is 3.72. The van der Waals surface area contributed by atoms with Gasteiger partial charge < -0.3 is 4.90 Å². The smallest absolute Gasteiger partial charge is 0.233 e. The summed E-state index contributed by atoms with van der Waals surface area (Å²) in [5.74, 6) is 1.65. The topological polar surface area (TPSA) is 52.6 Å². The molecule has 4 rings (SSSR count). The molecule has 1 aromatic carbocycles. The molecule has 0 aliphatic carbocycles. The van der Waals surface area contributed by atoms with Gasteiger partial charge in [-0.25, -0.2) is 4.98 Å². The number of fused-ring (bicyclic) bond motifs is 1. The number of anilines is 2. The maximum atomic E-state index is 12.2. The summed E-state index contributed by atoms with van der Waals surface area (Å²) in [4.78, 5) is 28.0. The van der Waals surface area contributed by atoms with Gasteiger partial charge in [0.05, 0.1) is 6.42 Å². The second-order valence-electron chi connectivity index (χ2n) is 7.30. The van der Waals surface area contributed by atoms with Gasteiger partial charge in [-0.15, -0.1) is 0 Å². The molecular formula is C20H25N5O. The van der Waals surface area contributed by atoms with Crippen LogP contribution in [0.2, 0.25) is 0 Å². The van der Waals surface area contributed by atoms with Gasteiger partial charge in [-0.2, -0.15) is 4.98 Å². The number of piperazine rings is 1. The Kier molecular flexibility index (Phi) is 4.59. The van der Waals surface area contributed by atoms with Crippen molar-refractivity contribution in [3.05, 3.63) is 47.7 Å². The Hall–Kier alpha value is -2.47. The van der Waals surface area contributed by atoms with Gasteiger partial charge in [0.2, 0.25) is 11.9 Å². The van der Waals surface area contributed by atoms with E-state index in [2.05, 4.69) is 45.1 Å². The van der Waals surface area contributed by atoms with E-state index in [0.717, 1.165) is 50.1 Å². The number of benzene rings is 1. The monoisotopic (exact) mass is 351 g/mol. The van der Waals surface area contributed by atoms with Gasteiger partial charge in [0.15, 0.2) is 0 Å². The maximum Gasteiger partial charge on any atom is 0.233 e. The lowest BCUT2D eigenvalue weighted by molar-refractivity contribution is -0.117. The van der Waals surface area contributed by atoms with Crippen molar-refractivity contribution in [2.24, 2.45) is 0 Å². The van der Waals surface area contributed by atoms with Crippen LogP contribution in [-0.4, -0.2) is 53.0 Å². The number of rotatable bonds is 4. The largest absolute Gasteiger partial charge is 0.338 e. The Bertz CT molecular complexity index is 784. The normalized spacial score (nSPS) is 17.9. The highest BCUT2D eigenvalue weighted by molar-refractivity contribution is 6.00. The van der Waals surface area contributed by atoms with Crippen LogP contribution in [-0.2, 0) is 17.8 Å². The summed E-state index contributed by atoms with van der Waals surface area (Å²) < 4.78 is 0. The second-order valence-corrected chi connectivity index (χ2v) is 7.30. The summed E-state index contributed by atoms with van der Waals surface area (Å²) in [5, 5.41) is 0. The molecule has 0 saturated carbocycles. The first-order chi connectivity index (χ1) is 12.6. The van der Waals surface area contributed by atoms with Crippen molar-refractivity contribution in [1.29, 1.82) is 0 Å². The number of carbonyl (C=O) groups is 1. The molecule has 1 amide bonds. The van der Waals surface area contributed by atoms with Crippen molar-refractivity contribution in [2.45, 2.75) is 32.9 Å².